The summed E-state index contributed by atoms with van der Waals surface area (Å²) < 4.78 is 37.2. The van der Waals surface area contributed by atoms with Gasteiger partial charge in [-0.25, -0.2) is 13.2 Å². The molecule has 1 fully saturated rings. The van der Waals surface area contributed by atoms with Crippen LogP contribution in [0.25, 0.3) is 0 Å². The molecule has 33 heavy (non-hydrogen) atoms. The molecule has 3 rings (SSSR count). The zero-order valence-electron chi connectivity index (χ0n) is 18.5. The van der Waals surface area contributed by atoms with E-state index in [0.29, 0.717) is 5.76 Å². The molecule has 1 saturated heterocycles. The van der Waals surface area contributed by atoms with E-state index in [0.717, 1.165) is 11.1 Å². The molecular formula is C22H27N3O7S. The van der Waals surface area contributed by atoms with Crippen LogP contribution in [0.5, 0.6) is 0 Å². The number of carbonyl (C=O) groups excluding carboxylic acids is 3. The van der Waals surface area contributed by atoms with Gasteiger partial charge in [0.25, 0.3) is 5.91 Å². The molecule has 2 heterocycles. The third-order valence-electron chi connectivity index (χ3n) is 5.51. The second kappa shape index (κ2) is 10.6. The maximum absolute atomic E-state index is 12.9. The van der Waals surface area contributed by atoms with Crippen molar-refractivity contribution in [3.8, 4) is 0 Å². The molecule has 0 bridgehead atoms. The SMILES string of the molecule is Cc1ccc(S(=O)(=O)N2CCC(C(=O)OCC(=O)NC(=O)NCc3ccco3)CC2)cc1C. The fourth-order valence-electron chi connectivity index (χ4n) is 3.40. The molecule has 178 valence electrons. The molecule has 0 atom stereocenters. The van der Waals surface area contributed by atoms with Crippen LogP contribution in [-0.4, -0.2) is 50.3 Å². The molecule has 0 radical (unpaired) electrons. The topological polar surface area (TPSA) is 135 Å². The van der Waals surface area contributed by atoms with Crippen LogP contribution in [0.2, 0.25) is 0 Å². The molecule has 1 aliphatic rings. The van der Waals surface area contributed by atoms with Gasteiger partial charge in [-0.05, 0) is 62.1 Å². The van der Waals surface area contributed by atoms with E-state index in [9.17, 15) is 22.8 Å². The highest BCUT2D eigenvalue weighted by Gasteiger charge is 2.33. The van der Waals surface area contributed by atoms with Gasteiger partial charge in [0.05, 0.1) is 23.6 Å². The second-order valence-electron chi connectivity index (χ2n) is 7.84. The number of nitrogens with zero attached hydrogens (tertiary/aromatic N) is 1. The number of aryl methyl sites for hydroxylation is 2. The molecular weight excluding hydrogens is 450 g/mol. The molecule has 1 aliphatic heterocycles. The lowest BCUT2D eigenvalue weighted by atomic mass is 9.98. The number of amides is 3. The third kappa shape index (κ3) is 6.42. The minimum Gasteiger partial charge on any atom is -0.467 e. The molecule has 11 heteroatoms. The summed E-state index contributed by atoms with van der Waals surface area (Å²) in [6, 6.07) is 7.60. The first-order chi connectivity index (χ1) is 15.7. The summed E-state index contributed by atoms with van der Waals surface area (Å²) in [7, 11) is -3.65. The van der Waals surface area contributed by atoms with Gasteiger partial charge >= 0.3 is 12.0 Å². The molecule has 0 spiro atoms. The Kier molecular flexibility index (Phi) is 7.88. The summed E-state index contributed by atoms with van der Waals surface area (Å²) in [6.07, 6.45) is 2.03. The van der Waals surface area contributed by atoms with E-state index in [2.05, 4.69) is 10.6 Å². The Labute approximate surface area is 192 Å². The summed E-state index contributed by atoms with van der Waals surface area (Å²) in [5, 5.41) is 4.50. The van der Waals surface area contributed by atoms with E-state index in [1.807, 2.05) is 13.8 Å². The van der Waals surface area contributed by atoms with E-state index in [1.54, 1.807) is 30.3 Å². The van der Waals surface area contributed by atoms with Crippen LogP contribution in [0.3, 0.4) is 0 Å². The Morgan fingerprint density at radius 3 is 2.48 bits per heavy atom. The van der Waals surface area contributed by atoms with Crippen molar-refractivity contribution in [2.45, 2.75) is 38.1 Å². The number of sulfonamides is 1. The second-order valence-corrected chi connectivity index (χ2v) is 9.78. The molecule has 0 unspecified atom stereocenters. The average molecular weight is 478 g/mol. The molecule has 2 aromatic rings. The fourth-order valence-corrected chi connectivity index (χ4v) is 4.95. The summed E-state index contributed by atoms with van der Waals surface area (Å²) in [5.41, 5.74) is 1.90. The zero-order chi connectivity index (χ0) is 24.0. The van der Waals surface area contributed by atoms with Crippen LogP contribution in [0.1, 0.15) is 29.7 Å². The monoisotopic (exact) mass is 477 g/mol. The number of rotatable bonds is 7. The van der Waals surface area contributed by atoms with Gasteiger partial charge in [0.2, 0.25) is 10.0 Å². The summed E-state index contributed by atoms with van der Waals surface area (Å²) in [4.78, 5) is 36.1. The molecule has 0 saturated carbocycles. The lowest BCUT2D eigenvalue weighted by Gasteiger charge is -2.30. The van der Waals surface area contributed by atoms with Crippen molar-refractivity contribution >= 4 is 27.9 Å². The number of carbonyl (C=O) groups is 3. The van der Waals surface area contributed by atoms with Crippen molar-refractivity contribution in [3.63, 3.8) is 0 Å². The quantitative estimate of drug-likeness (QED) is 0.581. The first-order valence-electron chi connectivity index (χ1n) is 10.5. The predicted molar refractivity (Wildman–Crippen MR) is 117 cm³/mol. The number of imide groups is 1. The molecule has 3 amide bonds. The Bertz CT molecular complexity index is 1110. The van der Waals surface area contributed by atoms with Gasteiger partial charge in [-0.15, -0.1) is 0 Å². The predicted octanol–water partition coefficient (Wildman–Crippen LogP) is 1.87. The van der Waals surface area contributed by atoms with Crippen LogP contribution < -0.4 is 10.6 Å². The van der Waals surface area contributed by atoms with Crippen LogP contribution in [0, 0.1) is 19.8 Å². The van der Waals surface area contributed by atoms with Crippen LogP contribution >= 0.6 is 0 Å². The Hall–Kier alpha value is -3.18. The van der Waals surface area contributed by atoms with E-state index >= 15 is 0 Å². The van der Waals surface area contributed by atoms with E-state index in [-0.39, 0.29) is 37.4 Å². The number of hydrogen-bond donors (Lipinski definition) is 2. The maximum atomic E-state index is 12.9. The summed E-state index contributed by atoms with van der Waals surface area (Å²) in [6.45, 7) is 3.63. The minimum absolute atomic E-state index is 0.107. The van der Waals surface area contributed by atoms with Crippen molar-refractivity contribution < 1.29 is 32.0 Å². The van der Waals surface area contributed by atoms with Gasteiger partial charge in [0.1, 0.15) is 5.76 Å². The summed E-state index contributed by atoms with van der Waals surface area (Å²) >= 11 is 0. The number of ether oxygens (including phenoxy) is 1. The number of piperidine rings is 1. The van der Waals surface area contributed by atoms with Crippen LogP contribution in [-0.2, 0) is 30.9 Å². The number of benzene rings is 1. The highest BCUT2D eigenvalue weighted by atomic mass is 32.2. The molecule has 2 N–H and O–H groups in total. The van der Waals surface area contributed by atoms with Gasteiger partial charge < -0.3 is 14.5 Å². The normalized spacial score (nSPS) is 15.1. The molecule has 10 nitrogen and oxygen atoms in total. The molecule has 1 aromatic heterocycles. The number of nitrogens with one attached hydrogen (secondary N) is 2. The van der Waals surface area contributed by atoms with Gasteiger partial charge in [-0.2, -0.15) is 4.31 Å². The first kappa shape index (κ1) is 24.5. The largest absolute Gasteiger partial charge is 0.467 e. The number of furan rings is 1. The lowest BCUT2D eigenvalue weighted by Crippen LogP contribution is -2.42. The standard InChI is InChI=1S/C22H27N3O7S/c1-15-5-6-19(12-16(15)2)33(29,30)25-9-7-17(8-10-25)21(27)32-14-20(26)24-22(28)23-13-18-4-3-11-31-18/h3-6,11-12,17H,7-10,13-14H2,1-2H3,(H2,23,24,26,28). The Morgan fingerprint density at radius 1 is 1.12 bits per heavy atom. The van der Waals surface area contributed by atoms with Crippen LogP contribution in [0.15, 0.2) is 45.9 Å². The van der Waals surface area contributed by atoms with Gasteiger partial charge in [0.15, 0.2) is 6.61 Å². The molecule has 1 aromatic carbocycles. The fraction of sp³-hybridized carbons (Fsp3) is 0.409. The van der Waals surface area contributed by atoms with Gasteiger partial charge in [0, 0.05) is 13.1 Å². The smallest absolute Gasteiger partial charge is 0.321 e. The third-order valence-corrected chi connectivity index (χ3v) is 7.40. The minimum atomic E-state index is -3.65. The molecule has 0 aliphatic carbocycles. The van der Waals surface area contributed by atoms with E-state index in [4.69, 9.17) is 9.15 Å². The highest BCUT2D eigenvalue weighted by molar-refractivity contribution is 7.89. The summed E-state index contributed by atoms with van der Waals surface area (Å²) in [5.74, 6) is -1.36. The highest BCUT2D eigenvalue weighted by Crippen LogP contribution is 2.25. The average Bonchev–Trinajstić information content (AvgIpc) is 3.31. The zero-order valence-corrected chi connectivity index (χ0v) is 19.3. The number of urea groups is 1. The Balaban J connectivity index is 1.42. The van der Waals surface area contributed by atoms with Crippen LogP contribution in [0.4, 0.5) is 4.79 Å². The maximum Gasteiger partial charge on any atom is 0.321 e. The number of hydrogen-bond acceptors (Lipinski definition) is 7. The van der Waals surface area contributed by atoms with Gasteiger partial charge in [-0.1, -0.05) is 6.07 Å². The van der Waals surface area contributed by atoms with Crippen molar-refractivity contribution in [2.24, 2.45) is 5.92 Å². The van der Waals surface area contributed by atoms with Gasteiger partial charge in [-0.3, -0.25) is 14.9 Å². The number of esters is 1. The van der Waals surface area contributed by atoms with Crippen molar-refractivity contribution in [1.82, 2.24) is 14.9 Å². The van der Waals surface area contributed by atoms with Crippen molar-refractivity contribution in [1.29, 1.82) is 0 Å². The van der Waals surface area contributed by atoms with E-state index < -0.39 is 40.5 Å². The van der Waals surface area contributed by atoms with Crippen molar-refractivity contribution in [2.75, 3.05) is 19.7 Å². The first-order valence-corrected chi connectivity index (χ1v) is 11.9. The van der Waals surface area contributed by atoms with Crippen molar-refractivity contribution in [3.05, 3.63) is 53.5 Å². The van der Waals surface area contributed by atoms with E-state index in [1.165, 1.54) is 10.6 Å². The lowest BCUT2D eigenvalue weighted by molar-refractivity contribution is -0.153. The Morgan fingerprint density at radius 2 is 1.85 bits per heavy atom.